The number of hydrogen-bond donors (Lipinski definition) is 2. The third kappa shape index (κ3) is 3.42. The molecule has 26 heavy (non-hydrogen) atoms. The smallest absolute Gasteiger partial charge is 0.255 e. The van der Waals surface area contributed by atoms with Gasteiger partial charge in [-0.25, -0.2) is 12.7 Å². The van der Waals surface area contributed by atoms with Crippen molar-refractivity contribution in [1.82, 2.24) is 0 Å². The van der Waals surface area contributed by atoms with Crippen LogP contribution >= 0.6 is 0 Å². The van der Waals surface area contributed by atoms with Crippen molar-refractivity contribution >= 4 is 39.1 Å². The second-order valence-corrected chi connectivity index (χ2v) is 7.61. The number of carbonyl (C=O) groups excluding carboxylic acids is 3. The van der Waals surface area contributed by atoms with Crippen LogP contribution in [0.3, 0.4) is 0 Å². The van der Waals surface area contributed by atoms with Gasteiger partial charge in [0, 0.05) is 23.2 Å². The Hall–Kier alpha value is -3.20. The Morgan fingerprint density at radius 1 is 1.04 bits per heavy atom. The summed E-state index contributed by atoms with van der Waals surface area (Å²) in [7, 11) is -3.70. The van der Waals surface area contributed by atoms with Crippen LogP contribution in [0.5, 0.6) is 0 Å². The first-order valence-corrected chi connectivity index (χ1v) is 9.26. The summed E-state index contributed by atoms with van der Waals surface area (Å²) in [6.07, 6.45) is -0.0784. The highest BCUT2D eigenvalue weighted by molar-refractivity contribution is 7.94. The third-order valence-electron chi connectivity index (χ3n) is 3.85. The number of benzene rings is 2. The number of rotatable bonds is 4. The molecule has 0 radical (unpaired) electrons. The van der Waals surface area contributed by atoms with Crippen LogP contribution in [0.25, 0.3) is 0 Å². The summed E-state index contributed by atoms with van der Waals surface area (Å²) in [6, 6.07) is 11.8. The lowest BCUT2D eigenvalue weighted by Crippen LogP contribution is -2.29. The maximum atomic E-state index is 12.4. The molecule has 0 unspecified atom stereocenters. The maximum Gasteiger partial charge on any atom is 0.255 e. The van der Waals surface area contributed by atoms with Gasteiger partial charge in [-0.1, -0.05) is 6.07 Å². The number of sulfonamides is 1. The van der Waals surface area contributed by atoms with Gasteiger partial charge in [-0.15, -0.1) is 0 Å². The lowest BCUT2D eigenvalue weighted by molar-refractivity contribution is -0.116. The monoisotopic (exact) mass is 373 g/mol. The first-order valence-electron chi connectivity index (χ1n) is 7.65. The predicted octanol–water partition coefficient (Wildman–Crippen LogP) is 1.10. The Morgan fingerprint density at radius 2 is 1.73 bits per heavy atom. The number of amides is 3. The van der Waals surface area contributed by atoms with E-state index in [4.69, 9.17) is 5.73 Å². The second-order valence-electron chi connectivity index (χ2n) is 5.67. The molecule has 3 N–H and O–H groups in total. The molecule has 8 nitrogen and oxygen atoms in total. The van der Waals surface area contributed by atoms with Gasteiger partial charge in [0.15, 0.2) is 0 Å². The topological polar surface area (TPSA) is 127 Å². The number of primary amides is 1. The van der Waals surface area contributed by atoms with Crippen LogP contribution in [0.15, 0.2) is 48.5 Å². The van der Waals surface area contributed by atoms with Gasteiger partial charge < -0.3 is 11.1 Å². The minimum atomic E-state index is -3.70. The van der Waals surface area contributed by atoms with Crippen molar-refractivity contribution in [3.8, 4) is 0 Å². The van der Waals surface area contributed by atoms with Gasteiger partial charge >= 0.3 is 0 Å². The van der Waals surface area contributed by atoms with Gasteiger partial charge in [0.25, 0.3) is 5.91 Å². The molecule has 0 aromatic heterocycles. The van der Waals surface area contributed by atoms with Crippen LogP contribution in [-0.2, 0) is 14.8 Å². The highest BCUT2D eigenvalue weighted by Crippen LogP contribution is 2.26. The lowest BCUT2D eigenvalue weighted by atomic mass is 10.1. The number of nitrogens with zero attached hydrogens (tertiary/aromatic N) is 1. The van der Waals surface area contributed by atoms with Crippen molar-refractivity contribution in [2.75, 3.05) is 15.4 Å². The minimum absolute atomic E-state index is 0.0784. The lowest BCUT2D eigenvalue weighted by Gasteiger charge is -2.15. The quantitative estimate of drug-likeness (QED) is 0.830. The summed E-state index contributed by atoms with van der Waals surface area (Å²) >= 11 is 0. The number of carbonyl (C=O) groups is 3. The number of nitrogens with one attached hydrogen (secondary N) is 1. The summed E-state index contributed by atoms with van der Waals surface area (Å²) in [5.41, 5.74) is 6.23. The molecular formula is C17H15N3O5S. The van der Waals surface area contributed by atoms with E-state index in [0.717, 1.165) is 4.31 Å². The van der Waals surface area contributed by atoms with Crippen LogP contribution in [0.4, 0.5) is 11.4 Å². The van der Waals surface area contributed by atoms with Crippen LogP contribution < -0.4 is 15.4 Å². The molecule has 0 aliphatic carbocycles. The molecule has 1 saturated heterocycles. The highest BCUT2D eigenvalue weighted by Gasteiger charge is 2.36. The number of hydrogen-bond acceptors (Lipinski definition) is 5. The van der Waals surface area contributed by atoms with Gasteiger partial charge in [0.1, 0.15) is 0 Å². The highest BCUT2D eigenvalue weighted by atomic mass is 32.2. The van der Waals surface area contributed by atoms with Crippen molar-refractivity contribution in [1.29, 1.82) is 0 Å². The molecule has 1 aliphatic rings. The molecule has 9 heteroatoms. The molecule has 0 saturated carbocycles. The largest absolute Gasteiger partial charge is 0.366 e. The van der Waals surface area contributed by atoms with Gasteiger partial charge in [-0.3, -0.25) is 14.4 Å². The van der Waals surface area contributed by atoms with Gasteiger partial charge in [-0.2, -0.15) is 0 Å². The Labute approximate surface area is 149 Å². The minimum Gasteiger partial charge on any atom is -0.366 e. The normalized spacial score (nSPS) is 15.7. The SMILES string of the molecule is NC(=O)c1ccc(NC(=O)c2cccc(N3C(=O)CCS3(=O)=O)c2)cc1. The zero-order valence-corrected chi connectivity index (χ0v) is 14.3. The van der Waals surface area contributed by atoms with E-state index in [1.54, 1.807) is 0 Å². The Kier molecular flexibility index (Phi) is 4.47. The molecule has 1 fully saturated rings. The maximum absolute atomic E-state index is 12.4. The van der Waals surface area contributed by atoms with Crippen LogP contribution in [0, 0.1) is 0 Å². The van der Waals surface area contributed by atoms with Gasteiger partial charge in [0.2, 0.25) is 21.8 Å². The van der Waals surface area contributed by atoms with Crippen molar-refractivity contribution in [2.45, 2.75) is 6.42 Å². The Balaban J connectivity index is 1.82. The zero-order chi connectivity index (χ0) is 18.9. The van der Waals surface area contributed by atoms with Gasteiger partial charge in [0.05, 0.1) is 11.4 Å². The summed E-state index contributed by atoms with van der Waals surface area (Å²) in [4.78, 5) is 35.3. The Bertz CT molecular complexity index is 999. The molecule has 3 rings (SSSR count). The second kappa shape index (κ2) is 6.60. The third-order valence-corrected chi connectivity index (χ3v) is 5.54. The first kappa shape index (κ1) is 17.6. The molecule has 134 valence electrons. The summed E-state index contributed by atoms with van der Waals surface area (Å²) < 4.78 is 24.7. The summed E-state index contributed by atoms with van der Waals surface area (Å²) in [6.45, 7) is 0. The van der Waals surface area contributed by atoms with E-state index in [-0.39, 0.29) is 23.4 Å². The van der Waals surface area contributed by atoms with E-state index in [2.05, 4.69) is 5.32 Å². The van der Waals surface area contributed by atoms with Crippen molar-refractivity contribution in [2.24, 2.45) is 5.73 Å². The van der Waals surface area contributed by atoms with E-state index in [9.17, 15) is 22.8 Å². The fourth-order valence-corrected chi connectivity index (χ4v) is 4.01. The predicted molar refractivity (Wildman–Crippen MR) is 95.2 cm³/mol. The van der Waals surface area contributed by atoms with Crippen molar-refractivity contribution < 1.29 is 22.8 Å². The average molecular weight is 373 g/mol. The Morgan fingerprint density at radius 3 is 2.31 bits per heavy atom. The number of nitrogens with two attached hydrogens (primary N) is 1. The average Bonchev–Trinajstić information content (AvgIpc) is 2.88. The molecule has 1 heterocycles. The van der Waals surface area contributed by atoms with Crippen LogP contribution in [-0.4, -0.2) is 31.9 Å². The van der Waals surface area contributed by atoms with E-state index in [1.165, 1.54) is 48.5 Å². The fraction of sp³-hybridized carbons (Fsp3) is 0.118. The summed E-state index contributed by atoms with van der Waals surface area (Å²) in [5.74, 6) is -1.83. The van der Waals surface area contributed by atoms with Crippen molar-refractivity contribution in [3.63, 3.8) is 0 Å². The zero-order valence-electron chi connectivity index (χ0n) is 13.5. The van der Waals surface area contributed by atoms with Gasteiger partial charge in [-0.05, 0) is 42.5 Å². The molecule has 3 amide bonds. The van der Waals surface area contributed by atoms with E-state index in [0.29, 0.717) is 11.3 Å². The molecule has 0 spiro atoms. The van der Waals surface area contributed by atoms with Crippen molar-refractivity contribution in [3.05, 3.63) is 59.7 Å². The molecular weight excluding hydrogens is 358 g/mol. The van der Waals surface area contributed by atoms with Crippen LogP contribution in [0.2, 0.25) is 0 Å². The number of anilines is 2. The van der Waals surface area contributed by atoms with E-state index < -0.39 is 27.7 Å². The molecule has 0 atom stereocenters. The molecule has 0 bridgehead atoms. The first-order chi connectivity index (χ1) is 12.3. The standard InChI is InChI=1S/C17H15N3O5S/c18-16(22)11-4-6-13(7-5-11)19-17(23)12-2-1-3-14(10-12)20-15(21)8-9-26(20,24)25/h1-7,10H,8-9H2,(H2,18,22)(H,19,23). The molecule has 2 aromatic rings. The van der Waals surface area contributed by atoms with E-state index >= 15 is 0 Å². The summed E-state index contributed by atoms with van der Waals surface area (Å²) in [5, 5.41) is 2.63. The van der Waals surface area contributed by atoms with E-state index in [1.807, 2.05) is 0 Å². The fourth-order valence-electron chi connectivity index (χ4n) is 2.56. The molecule has 2 aromatic carbocycles. The van der Waals surface area contributed by atoms with Crippen LogP contribution in [0.1, 0.15) is 27.1 Å². The molecule has 1 aliphatic heterocycles.